The van der Waals surface area contributed by atoms with Gasteiger partial charge >= 0.3 is 0 Å². The van der Waals surface area contributed by atoms with Crippen molar-refractivity contribution < 1.29 is 13.9 Å². The van der Waals surface area contributed by atoms with Crippen molar-refractivity contribution in [1.29, 1.82) is 5.26 Å². The van der Waals surface area contributed by atoms with Crippen LogP contribution in [0.25, 0.3) is 0 Å². The first-order valence-corrected chi connectivity index (χ1v) is 5.85. The van der Waals surface area contributed by atoms with E-state index in [4.69, 9.17) is 14.8 Å². The monoisotopic (exact) mass is 260 g/mol. The van der Waals surface area contributed by atoms with E-state index >= 15 is 0 Å². The molecule has 0 aliphatic heterocycles. The lowest BCUT2D eigenvalue weighted by Crippen LogP contribution is -2.12. The zero-order chi connectivity index (χ0) is 13.7. The number of aliphatic hydroxyl groups is 1. The molecule has 0 saturated carbocycles. The van der Waals surface area contributed by atoms with Gasteiger partial charge in [-0.05, 0) is 36.8 Å². The molecule has 1 aromatic heterocycles. The van der Waals surface area contributed by atoms with Crippen molar-refractivity contribution in [2.24, 2.45) is 0 Å². The lowest BCUT2D eigenvalue weighted by Gasteiger charge is -2.17. The molecule has 0 bridgehead atoms. The number of rotatable bonds is 5. The van der Waals surface area contributed by atoms with Gasteiger partial charge in [0.2, 0.25) is 0 Å². The summed E-state index contributed by atoms with van der Waals surface area (Å²) in [6, 6.07) is 9.14. The average Bonchev–Trinajstić information content (AvgIpc) is 2.94. The van der Waals surface area contributed by atoms with Crippen molar-refractivity contribution in [1.82, 2.24) is 0 Å². The number of hydrogen-bond donors (Lipinski definition) is 2. The van der Waals surface area contributed by atoms with E-state index < -0.39 is 5.82 Å². The normalized spacial score (nSPS) is 11.8. The SMILES string of the molecule is N#Cc1cc(F)ccc1NC(CCO)c1ccco1. The minimum absolute atomic E-state index is 0.0263. The summed E-state index contributed by atoms with van der Waals surface area (Å²) in [4.78, 5) is 0. The summed E-state index contributed by atoms with van der Waals surface area (Å²) in [5.74, 6) is 0.195. The van der Waals surface area contributed by atoms with Crippen LogP contribution in [0.2, 0.25) is 0 Å². The van der Waals surface area contributed by atoms with E-state index in [0.717, 1.165) is 0 Å². The van der Waals surface area contributed by atoms with Gasteiger partial charge in [0.1, 0.15) is 17.6 Å². The third kappa shape index (κ3) is 3.12. The molecule has 2 rings (SSSR count). The smallest absolute Gasteiger partial charge is 0.126 e. The maximum atomic E-state index is 13.1. The highest BCUT2D eigenvalue weighted by atomic mass is 19.1. The van der Waals surface area contributed by atoms with Gasteiger partial charge in [-0.25, -0.2) is 4.39 Å². The highest BCUT2D eigenvalue weighted by Gasteiger charge is 2.15. The standard InChI is InChI=1S/C14H13FN2O2/c15-11-3-4-12(10(8-11)9-16)17-13(5-6-18)14-2-1-7-19-14/h1-4,7-8,13,17-18H,5-6H2. The van der Waals surface area contributed by atoms with Crippen LogP contribution >= 0.6 is 0 Å². The molecule has 5 heteroatoms. The number of benzene rings is 1. The van der Waals surface area contributed by atoms with Crippen LogP contribution in [0, 0.1) is 17.1 Å². The predicted octanol–water partition coefficient (Wildman–Crippen LogP) is 2.83. The first kappa shape index (κ1) is 13.1. The van der Waals surface area contributed by atoms with E-state index in [1.54, 1.807) is 12.1 Å². The molecule has 2 N–H and O–H groups in total. The van der Waals surface area contributed by atoms with Crippen molar-refractivity contribution in [3.63, 3.8) is 0 Å². The van der Waals surface area contributed by atoms with Crippen LogP contribution in [0.5, 0.6) is 0 Å². The van der Waals surface area contributed by atoms with E-state index in [1.165, 1.54) is 24.5 Å². The largest absolute Gasteiger partial charge is 0.467 e. The maximum Gasteiger partial charge on any atom is 0.126 e. The number of nitrogens with zero attached hydrogens (tertiary/aromatic N) is 1. The fourth-order valence-electron chi connectivity index (χ4n) is 1.83. The number of anilines is 1. The maximum absolute atomic E-state index is 13.1. The molecule has 19 heavy (non-hydrogen) atoms. The molecule has 1 atom stereocenters. The molecule has 0 aliphatic rings. The zero-order valence-corrected chi connectivity index (χ0v) is 10.1. The van der Waals surface area contributed by atoms with Gasteiger partial charge in [0.05, 0.1) is 23.6 Å². The molecular formula is C14H13FN2O2. The summed E-state index contributed by atoms with van der Waals surface area (Å²) in [5.41, 5.74) is 0.730. The number of nitriles is 1. The fraction of sp³-hybridized carbons (Fsp3) is 0.214. The Labute approximate surface area is 110 Å². The Morgan fingerprint density at radius 1 is 1.42 bits per heavy atom. The van der Waals surface area contributed by atoms with Crippen LogP contribution in [0.4, 0.5) is 10.1 Å². The van der Waals surface area contributed by atoms with Crippen LogP contribution in [-0.4, -0.2) is 11.7 Å². The van der Waals surface area contributed by atoms with Crippen LogP contribution in [0.3, 0.4) is 0 Å². The second-order valence-corrected chi connectivity index (χ2v) is 4.03. The van der Waals surface area contributed by atoms with Gasteiger partial charge in [0.25, 0.3) is 0 Å². The molecule has 0 spiro atoms. The molecule has 98 valence electrons. The Balaban J connectivity index is 2.25. The van der Waals surface area contributed by atoms with Gasteiger partial charge in [0.15, 0.2) is 0 Å². The Morgan fingerprint density at radius 2 is 2.26 bits per heavy atom. The van der Waals surface area contributed by atoms with Crippen molar-refractivity contribution in [2.75, 3.05) is 11.9 Å². The van der Waals surface area contributed by atoms with Gasteiger partial charge in [0, 0.05) is 6.61 Å². The third-order valence-corrected chi connectivity index (χ3v) is 2.74. The number of furan rings is 1. The topological polar surface area (TPSA) is 69.2 Å². The quantitative estimate of drug-likeness (QED) is 0.867. The predicted molar refractivity (Wildman–Crippen MR) is 67.9 cm³/mol. The van der Waals surface area contributed by atoms with E-state index in [2.05, 4.69) is 5.32 Å². The fourth-order valence-corrected chi connectivity index (χ4v) is 1.83. The first-order chi connectivity index (χ1) is 9.24. The lowest BCUT2D eigenvalue weighted by molar-refractivity contribution is 0.273. The number of hydrogen-bond acceptors (Lipinski definition) is 4. The highest BCUT2D eigenvalue weighted by molar-refractivity contribution is 5.58. The van der Waals surface area contributed by atoms with E-state index in [-0.39, 0.29) is 18.2 Å². The minimum Gasteiger partial charge on any atom is -0.467 e. The van der Waals surface area contributed by atoms with Crippen molar-refractivity contribution in [2.45, 2.75) is 12.5 Å². The van der Waals surface area contributed by atoms with E-state index in [1.807, 2.05) is 6.07 Å². The molecule has 1 heterocycles. The molecule has 0 radical (unpaired) electrons. The van der Waals surface area contributed by atoms with Crippen molar-refractivity contribution >= 4 is 5.69 Å². The highest BCUT2D eigenvalue weighted by Crippen LogP contribution is 2.25. The third-order valence-electron chi connectivity index (χ3n) is 2.74. The number of nitrogens with one attached hydrogen (secondary N) is 1. The Bertz CT molecular complexity index is 576. The molecule has 0 saturated heterocycles. The summed E-state index contributed by atoms with van der Waals surface area (Å²) in [6.45, 7) is -0.0263. The minimum atomic E-state index is -0.459. The molecule has 0 aliphatic carbocycles. The van der Waals surface area contributed by atoms with Gasteiger partial charge in [-0.15, -0.1) is 0 Å². The number of aliphatic hydroxyl groups excluding tert-OH is 1. The van der Waals surface area contributed by atoms with Gasteiger partial charge in [-0.2, -0.15) is 5.26 Å². The second-order valence-electron chi connectivity index (χ2n) is 4.03. The molecule has 0 fully saturated rings. The Kier molecular flexibility index (Phi) is 4.16. The molecule has 0 amide bonds. The van der Waals surface area contributed by atoms with Crippen LogP contribution in [0.15, 0.2) is 41.0 Å². The number of halogens is 1. The molecule has 4 nitrogen and oxygen atoms in total. The molecule has 1 unspecified atom stereocenters. The average molecular weight is 260 g/mol. The van der Waals surface area contributed by atoms with Crippen LogP contribution in [-0.2, 0) is 0 Å². The molecular weight excluding hydrogens is 247 g/mol. The lowest BCUT2D eigenvalue weighted by atomic mass is 10.1. The first-order valence-electron chi connectivity index (χ1n) is 5.85. The summed E-state index contributed by atoms with van der Waals surface area (Å²) in [5, 5.41) is 21.2. The van der Waals surface area contributed by atoms with E-state index in [9.17, 15) is 4.39 Å². The summed E-state index contributed by atoms with van der Waals surface area (Å²) in [7, 11) is 0. The molecule has 1 aromatic carbocycles. The molecule has 2 aromatic rings. The summed E-state index contributed by atoms with van der Waals surface area (Å²) < 4.78 is 18.3. The van der Waals surface area contributed by atoms with Crippen molar-refractivity contribution in [3.8, 4) is 6.07 Å². The van der Waals surface area contributed by atoms with E-state index in [0.29, 0.717) is 17.9 Å². The van der Waals surface area contributed by atoms with Gasteiger partial charge in [-0.3, -0.25) is 0 Å². The van der Waals surface area contributed by atoms with Crippen LogP contribution in [0.1, 0.15) is 23.8 Å². The Hall–Kier alpha value is -2.32. The summed E-state index contributed by atoms with van der Waals surface area (Å²) >= 11 is 0. The summed E-state index contributed by atoms with van der Waals surface area (Å²) in [6.07, 6.45) is 1.97. The zero-order valence-electron chi connectivity index (χ0n) is 10.1. The van der Waals surface area contributed by atoms with Gasteiger partial charge in [-0.1, -0.05) is 0 Å². The Morgan fingerprint density at radius 3 is 2.89 bits per heavy atom. The second kappa shape index (κ2) is 6.03. The van der Waals surface area contributed by atoms with Crippen molar-refractivity contribution in [3.05, 3.63) is 53.7 Å². The van der Waals surface area contributed by atoms with Gasteiger partial charge < -0.3 is 14.8 Å². The van der Waals surface area contributed by atoms with Crippen LogP contribution < -0.4 is 5.32 Å².